The van der Waals surface area contributed by atoms with Crippen LogP contribution in [0.15, 0.2) is 73.2 Å². The molecular formula is C35H41N9O7S. The standard InChI is InChI=1S/C35H41N9O7S/c1-42-22-37-33(40-42)26-6-4-24(5-7-26)25-12-14-43(15-13-25)34(45)35(46,47)44(23-50-3)16-19-52(48)41-28-9-10-30-29(20-28)32(39-38-30)27-8-11-31(36-21-27)51-18-17-49-2/h4-12,20-22,41,46-47H,13-19,23H2,1-3H3,(H,38,39). The first-order valence-electron chi connectivity index (χ1n) is 16.5. The number of hydrogen-bond donors (Lipinski definition) is 4. The molecule has 1 aliphatic rings. The van der Waals surface area contributed by atoms with Crippen LogP contribution in [0.2, 0.25) is 0 Å². The minimum Gasteiger partial charge on any atom is -0.475 e. The number of methoxy groups -OCH3 is 2. The largest absolute Gasteiger partial charge is 0.475 e. The number of aryl methyl sites for hydroxylation is 1. The van der Waals surface area contributed by atoms with Crippen molar-refractivity contribution in [2.75, 3.05) is 64.3 Å². The van der Waals surface area contributed by atoms with Gasteiger partial charge in [0, 0.05) is 75.4 Å². The third-order valence-corrected chi connectivity index (χ3v) is 9.53. The van der Waals surface area contributed by atoms with Gasteiger partial charge in [-0.15, -0.1) is 0 Å². The highest BCUT2D eigenvalue weighted by molar-refractivity contribution is 7.86. The van der Waals surface area contributed by atoms with Gasteiger partial charge in [-0.1, -0.05) is 30.3 Å². The first-order chi connectivity index (χ1) is 25.2. The van der Waals surface area contributed by atoms with Crippen molar-refractivity contribution in [2.24, 2.45) is 7.05 Å². The van der Waals surface area contributed by atoms with E-state index in [4.69, 9.17) is 14.2 Å². The topological polar surface area (TPSA) is 193 Å². The van der Waals surface area contributed by atoms with E-state index >= 15 is 0 Å². The second kappa shape index (κ2) is 16.5. The SMILES string of the molecule is COCCOc1ccc(-c2n[nH]c3ccc(NS(=O)CCN(COC)C(O)(O)C(=O)N4CC=C(c5ccc(-c6ncn(C)n6)cc5)CC4)cc23)cn1. The summed E-state index contributed by atoms with van der Waals surface area (Å²) >= 11 is 0. The van der Waals surface area contributed by atoms with Crippen LogP contribution in [-0.2, 0) is 32.3 Å². The van der Waals surface area contributed by atoms with E-state index in [9.17, 15) is 19.2 Å². The van der Waals surface area contributed by atoms with Gasteiger partial charge in [-0.25, -0.2) is 19.1 Å². The number of rotatable bonds is 16. The Labute approximate surface area is 302 Å². The van der Waals surface area contributed by atoms with Gasteiger partial charge in [-0.2, -0.15) is 10.2 Å². The summed E-state index contributed by atoms with van der Waals surface area (Å²) in [6, 6.07) is 16.9. The number of nitrogens with zero attached hydrogens (tertiary/aromatic N) is 7. The Hall–Kier alpha value is -5.04. The van der Waals surface area contributed by atoms with E-state index in [1.165, 1.54) is 12.0 Å². The highest BCUT2D eigenvalue weighted by atomic mass is 32.2. The van der Waals surface area contributed by atoms with Gasteiger partial charge in [-0.3, -0.25) is 14.6 Å². The normalized spacial score (nSPS) is 14.1. The van der Waals surface area contributed by atoms with Crippen molar-refractivity contribution in [2.45, 2.75) is 12.3 Å². The molecule has 52 heavy (non-hydrogen) atoms. The average Bonchev–Trinajstić information content (AvgIpc) is 3.79. The summed E-state index contributed by atoms with van der Waals surface area (Å²) in [6.07, 6.45) is 5.73. The van der Waals surface area contributed by atoms with Crippen molar-refractivity contribution in [3.05, 3.63) is 78.8 Å². The van der Waals surface area contributed by atoms with Gasteiger partial charge < -0.3 is 34.0 Å². The van der Waals surface area contributed by atoms with Gasteiger partial charge >= 0.3 is 5.91 Å². The number of anilines is 1. The molecule has 16 nitrogen and oxygen atoms in total. The lowest BCUT2D eigenvalue weighted by molar-refractivity contribution is -0.269. The lowest BCUT2D eigenvalue weighted by Gasteiger charge is -2.37. The van der Waals surface area contributed by atoms with Gasteiger partial charge in [0.05, 0.1) is 17.9 Å². The minimum absolute atomic E-state index is 0.0433. The molecule has 5 aromatic rings. The second-order valence-corrected chi connectivity index (χ2v) is 13.4. The number of fused-ring (bicyclic) bond motifs is 1. The number of aromatic amines is 1. The lowest BCUT2D eigenvalue weighted by atomic mass is 9.98. The number of nitrogens with one attached hydrogen (secondary N) is 2. The molecular weight excluding hydrogens is 691 g/mol. The molecule has 4 N–H and O–H groups in total. The van der Waals surface area contributed by atoms with Crippen molar-refractivity contribution >= 4 is 39.1 Å². The lowest BCUT2D eigenvalue weighted by Crippen LogP contribution is -2.61. The van der Waals surface area contributed by atoms with Crippen LogP contribution in [0.3, 0.4) is 0 Å². The number of H-pyrrole nitrogens is 1. The van der Waals surface area contributed by atoms with Crippen molar-refractivity contribution in [1.29, 1.82) is 0 Å². The van der Waals surface area contributed by atoms with Crippen LogP contribution in [-0.4, -0.2) is 126 Å². The number of amides is 1. The molecule has 17 heteroatoms. The third-order valence-electron chi connectivity index (χ3n) is 8.51. The summed E-state index contributed by atoms with van der Waals surface area (Å²) < 4.78 is 33.5. The number of aromatic nitrogens is 6. The van der Waals surface area contributed by atoms with Gasteiger partial charge in [0.15, 0.2) is 5.82 Å². The number of carbonyl (C=O) groups is 1. The zero-order valence-electron chi connectivity index (χ0n) is 29.1. The molecule has 0 radical (unpaired) electrons. The molecule has 274 valence electrons. The quantitative estimate of drug-likeness (QED) is 0.0857. The number of carbonyl (C=O) groups excluding carboxylic acids is 1. The maximum absolute atomic E-state index is 13.4. The molecule has 0 spiro atoms. The van der Waals surface area contributed by atoms with E-state index in [1.807, 2.05) is 55.6 Å². The maximum Gasteiger partial charge on any atom is 0.310 e. The minimum atomic E-state index is -2.88. The molecule has 0 fully saturated rings. The summed E-state index contributed by atoms with van der Waals surface area (Å²) in [5.41, 5.74) is 5.70. The Morgan fingerprint density at radius 1 is 1.04 bits per heavy atom. The molecule has 0 aliphatic carbocycles. The fraction of sp³-hybridized carbons (Fsp3) is 0.343. The van der Waals surface area contributed by atoms with Crippen LogP contribution < -0.4 is 9.46 Å². The fourth-order valence-corrected chi connectivity index (χ4v) is 6.62. The van der Waals surface area contributed by atoms with Gasteiger partial charge in [0.1, 0.15) is 36.3 Å². The predicted molar refractivity (Wildman–Crippen MR) is 195 cm³/mol. The summed E-state index contributed by atoms with van der Waals surface area (Å²) in [5.74, 6) is -2.71. The molecule has 2 aromatic carbocycles. The number of benzene rings is 2. The fourth-order valence-electron chi connectivity index (χ4n) is 5.74. The van der Waals surface area contributed by atoms with Gasteiger partial charge in [0.2, 0.25) is 5.88 Å². The van der Waals surface area contributed by atoms with Gasteiger partial charge in [-0.05, 0) is 41.8 Å². The molecule has 0 saturated heterocycles. The van der Waals surface area contributed by atoms with Crippen LogP contribution in [0, 0.1) is 0 Å². The Balaban J connectivity index is 1.05. The average molecular weight is 732 g/mol. The van der Waals surface area contributed by atoms with Crippen molar-refractivity contribution in [3.63, 3.8) is 0 Å². The Bertz CT molecular complexity index is 2030. The molecule has 3 aromatic heterocycles. The number of ether oxygens (including phenoxy) is 3. The Kier molecular flexibility index (Phi) is 11.7. The third kappa shape index (κ3) is 8.52. The van der Waals surface area contributed by atoms with E-state index < -0.39 is 22.8 Å². The summed E-state index contributed by atoms with van der Waals surface area (Å²) in [6.45, 7) is 0.911. The first kappa shape index (κ1) is 36.7. The van der Waals surface area contributed by atoms with E-state index in [2.05, 4.69) is 30.0 Å². The van der Waals surface area contributed by atoms with Crippen LogP contribution in [0.4, 0.5) is 5.69 Å². The van der Waals surface area contributed by atoms with Crippen LogP contribution in [0.25, 0.3) is 39.1 Å². The van der Waals surface area contributed by atoms with Crippen molar-refractivity contribution in [1.82, 2.24) is 39.7 Å². The molecule has 1 atom stereocenters. The highest BCUT2D eigenvalue weighted by Crippen LogP contribution is 2.30. The summed E-state index contributed by atoms with van der Waals surface area (Å²) in [7, 11) is 3.13. The zero-order valence-corrected chi connectivity index (χ0v) is 29.9. The Morgan fingerprint density at radius 3 is 2.50 bits per heavy atom. The first-order valence-corrected chi connectivity index (χ1v) is 17.8. The monoisotopic (exact) mass is 731 g/mol. The van der Waals surface area contributed by atoms with Gasteiger partial charge in [0.25, 0.3) is 5.91 Å². The van der Waals surface area contributed by atoms with E-state index in [1.54, 1.807) is 36.4 Å². The van der Waals surface area contributed by atoms with E-state index in [0.717, 1.165) is 38.1 Å². The van der Waals surface area contributed by atoms with Crippen LogP contribution in [0.1, 0.15) is 12.0 Å². The molecule has 1 unspecified atom stereocenters. The molecule has 0 saturated carbocycles. The molecule has 6 rings (SSSR count). The smallest absolute Gasteiger partial charge is 0.310 e. The van der Waals surface area contributed by atoms with Crippen molar-refractivity contribution in [3.8, 4) is 28.5 Å². The van der Waals surface area contributed by atoms with Crippen LogP contribution in [0.5, 0.6) is 5.88 Å². The molecule has 1 aliphatic heterocycles. The van der Waals surface area contributed by atoms with Crippen molar-refractivity contribution < 1.29 is 33.4 Å². The Morgan fingerprint density at radius 2 is 1.83 bits per heavy atom. The molecule has 4 heterocycles. The van der Waals surface area contributed by atoms with E-state index in [-0.39, 0.29) is 32.1 Å². The second-order valence-electron chi connectivity index (χ2n) is 12.1. The number of pyridine rings is 1. The van der Waals surface area contributed by atoms with Crippen LogP contribution >= 0.6 is 0 Å². The zero-order chi connectivity index (χ0) is 36.7. The number of aliphatic hydroxyl groups is 2. The molecule has 0 bridgehead atoms. The van der Waals surface area contributed by atoms with E-state index in [0.29, 0.717) is 42.7 Å². The summed E-state index contributed by atoms with van der Waals surface area (Å²) in [4.78, 5) is 24.5. The summed E-state index contributed by atoms with van der Waals surface area (Å²) in [5, 5.41) is 34.7. The predicted octanol–water partition coefficient (Wildman–Crippen LogP) is 2.38. The maximum atomic E-state index is 13.4. The molecule has 1 amide bonds. The number of hydrogen-bond acceptors (Lipinski definition) is 12. The highest BCUT2D eigenvalue weighted by Gasteiger charge is 2.43.